The van der Waals surface area contributed by atoms with Gasteiger partial charge in [-0.25, -0.2) is 9.37 Å². The van der Waals surface area contributed by atoms with E-state index in [4.69, 9.17) is 0 Å². The van der Waals surface area contributed by atoms with Gasteiger partial charge in [0.25, 0.3) is 0 Å². The van der Waals surface area contributed by atoms with Gasteiger partial charge in [-0.1, -0.05) is 0 Å². The minimum atomic E-state index is -0.749. The van der Waals surface area contributed by atoms with E-state index in [1.807, 2.05) is 0 Å². The summed E-state index contributed by atoms with van der Waals surface area (Å²) < 4.78 is 12.1. The molecule has 64 valence electrons. The summed E-state index contributed by atoms with van der Waals surface area (Å²) >= 11 is 2.88. The molecule has 0 N–H and O–H groups in total. The Kier molecular flexibility index (Phi) is 2.69. The first kappa shape index (κ1) is 9.05. The molecule has 0 aliphatic rings. The third kappa shape index (κ3) is 1.76. The van der Waals surface area contributed by atoms with Crippen molar-refractivity contribution in [1.82, 2.24) is 4.98 Å². The Morgan fingerprint density at radius 3 is 2.92 bits per heavy atom. The SMILES string of the molecule is O=[N+]([O-])c1cc(CF)cnc1Br. The molecule has 0 radical (unpaired) electrons. The van der Waals surface area contributed by atoms with Crippen molar-refractivity contribution in [3.63, 3.8) is 0 Å². The zero-order valence-electron chi connectivity index (χ0n) is 5.83. The number of halogens is 2. The third-order valence-electron chi connectivity index (χ3n) is 1.23. The first-order valence-electron chi connectivity index (χ1n) is 3.00. The molecule has 0 amide bonds. The van der Waals surface area contributed by atoms with Gasteiger partial charge in [-0.3, -0.25) is 10.1 Å². The Bertz CT molecular complexity index is 318. The van der Waals surface area contributed by atoms with Gasteiger partial charge >= 0.3 is 5.69 Å². The number of hydrogen-bond donors (Lipinski definition) is 0. The predicted molar refractivity (Wildman–Crippen MR) is 43.4 cm³/mol. The van der Waals surface area contributed by atoms with E-state index >= 15 is 0 Å². The summed E-state index contributed by atoms with van der Waals surface area (Å²) in [7, 11) is 0. The van der Waals surface area contributed by atoms with Crippen LogP contribution in [0.5, 0.6) is 0 Å². The summed E-state index contributed by atoms with van der Waals surface area (Å²) in [6.45, 7) is -0.749. The van der Waals surface area contributed by atoms with Crippen LogP contribution in [-0.4, -0.2) is 9.91 Å². The summed E-state index contributed by atoms with van der Waals surface area (Å²) in [5.41, 5.74) is -0.0185. The fraction of sp³-hybridized carbons (Fsp3) is 0.167. The van der Waals surface area contributed by atoms with Crippen LogP contribution in [0.25, 0.3) is 0 Å². The number of hydrogen-bond acceptors (Lipinski definition) is 3. The van der Waals surface area contributed by atoms with Crippen molar-refractivity contribution in [2.45, 2.75) is 6.67 Å². The highest BCUT2D eigenvalue weighted by Gasteiger charge is 2.13. The Labute approximate surface area is 75.7 Å². The van der Waals surface area contributed by atoms with Gasteiger partial charge in [0.2, 0.25) is 0 Å². The summed E-state index contributed by atoms with van der Waals surface area (Å²) in [6, 6.07) is 1.15. The van der Waals surface area contributed by atoms with Gasteiger partial charge in [0.05, 0.1) is 4.92 Å². The second-order valence-corrected chi connectivity index (χ2v) is 2.80. The predicted octanol–water partition coefficient (Wildman–Crippen LogP) is 2.22. The first-order chi connectivity index (χ1) is 5.65. The lowest BCUT2D eigenvalue weighted by Crippen LogP contribution is -1.93. The average Bonchev–Trinajstić information content (AvgIpc) is 2.05. The molecule has 0 aliphatic carbocycles. The molecule has 0 aromatic carbocycles. The molecule has 0 saturated carbocycles. The number of rotatable bonds is 2. The van der Waals surface area contributed by atoms with E-state index < -0.39 is 11.6 Å². The fourth-order valence-electron chi connectivity index (χ4n) is 0.679. The van der Waals surface area contributed by atoms with E-state index in [0.717, 1.165) is 6.07 Å². The summed E-state index contributed by atoms with van der Waals surface area (Å²) in [6.07, 6.45) is 1.25. The fourth-order valence-corrected chi connectivity index (χ4v) is 1.04. The molecule has 1 rings (SSSR count). The highest BCUT2D eigenvalue weighted by Crippen LogP contribution is 2.22. The minimum Gasteiger partial charge on any atom is -0.258 e. The number of aromatic nitrogens is 1. The topological polar surface area (TPSA) is 56.0 Å². The zero-order valence-corrected chi connectivity index (χ0v) is 7.41. The Morgan fingerprint density at radius 1 is 1.75 bits per heavy atom. The van der Waals surface area contributed by atoms with Crippen LogP contribution in [0, 0.1) is 10.1 Å². The molecule has 0 saturated heterocycles. The molecule has 0 atom stereocenters. The molecule has 1 aromatic heterocycles. The van der Waals surface area contributed by atoms with Crippen molar-refractivity contribution in [3.05, 3.63) is 32.5 Å². The van der Waals surface area contributed by atoms with Crippen molar-refractivity contribution < 1.29 is 9.31 Å². The molecular formula is C6H4BrFN2O2. The van der Waals surface area contributed by atoms with Crippen LogP contribution in [0.4, 0.5) is 10.1 Å². The molecule has 0 unspecified atom stereocenters. The quantitative estimate of drug-likeness (QED) is 0.448. The minimum absolute atomic E-state index is 0.115. The molecule has 0 bridgehead atoms. The van der Waals surface area contributed by atoms with Crippen molar-refractivity contribution in [3.8, 4) is 0 Å². The van der Waals surface area contributed by atoms with Gasteiger partial charge in [-0.15, -0.1) is 0 Å². The summed E-state index contributed by atoms with van der Waals surface area (Å²) in [4.78, 5) is 13.3. The summed E-state index contributed by atoms with van der Waals surface area (Å²) in [5.74, 6) is 0. The zero-order chi connectivity index (χ0) is 9.14. The molecule has 4 nitrogen and oxygen atoms in total. The number of nitrogens with zero attached hydrogens (tertiary/aromatic N) is 2. The van der Waals surface area contributed by atoms with Gasteiger partial charge < -0.3 is 0 Å². The Hall–Kier alpha value is -1.04. The van der Waals surface area contributed by atoms with E-state index in [2.05, 4.69) is 20.9 Å². The maximum atomic E-state index is 12.0. The highest BCUT2D eigenvalue weighted by atomic mass is 79.9. The van der Waals surface area contributed by atoms with Crippen LogP contribution >= 0.6 is 15.9 Å². The molecule has 6 heteroatoms. The van der Waals surface area contributed by atoms with Gasteiger partial charge in [-0.2, -0.15) is 0 Å². The molecule has 0 aliphatic heterocycles. The van der Waals surface area contributed by atoms with Crippen molar-refractivity contribution in [1.29, 1.82) is 0 Å². The van der Waals surface area contributed by atoms with E-state index in [1.165, 1.54) is 6.20 Å². The standard InChI is InChI=1S/C6H4BrFN2O2/c7-6-5(10(11)12)1-4(2-8)3-9-6/h1,3H,2H2. The third-order valence-corrected chi connectivity index (χ3v) is 1.84. The second-order valence-electron chi connectivity index (χ2n) is 2.04. The van der Waals surface area contributed by atoms with E-state index in [0.29, 0.717) is 0 Å². The Balaban J connectivity index is 3.17. The van der Waals surface area contributed by atoms with Crippen molar-refractivity contribution >= 4 is 21.6 Å². The monoisotopic (exact) mass is 234 g/mol. The van der Waals surface area contributed by atoms with E-state index in [1.54, 1.807) is 0 Å². The van der Waals surface area contributed by atoms with Crippen LogP contribution in [0.15, 0.2) is 16.9 Å². The van der Waals surface area contributed by atoms with Gasteiger partial charge in [0, 0.05) is 17.8 Å². The van der Waals surface area contributed by atoms with Crippen molar-refractivity contribution in [2.24, 2.45) is 0 Å². The van der Waals surface area contributed by atoms with Gasteiger partial charge in [0.15, 0.2) is 4.60 Å². The molecular weight excluding hydrogens is 231 g/mol. The van der Waals surface area contributed by atoms with Gasteiger partial charge in [0.1, 0.15) is 6.67 Å². The average molecular weight is 235 g/mol. The van der Waals surface area contributed by atoms with Crippen LogP contribution < -0.4 is 0 Å². The van der Waals surface area contributed by atoms with Gasteiger partial charge in [-0.05, 0) is 15.9 Å². The molecule has 1 heterocycles. The molecule has 0 spiro atoms. The van der Waals surface area contributed by atoms with Crippen LogP contribution in [0.3, 0.4) is 0 Å². The number of alkyl halides is 1. The second kappa shape index (κ2) is 3.57. The molecule has 12 heavy (non-hydrogen) atoms. The largest absolute Gasteiger partial charge is 0.302 e. The normalized spacial score (nSPS) is 9.83. The molecule has 1 aromatic rings. The number of nitro groups is 1. The lowest BCUT2D eigenvalue weighted by atomic mass is 10.3. The lowest BCUT2D eigenvalue weighted by Gasteiger charge is -1.95. The highest BCUT2D eigenvalue weighted by molar-refractivity contribution is 9.10. The maximum absolute atomic E-state index is 12.0. The smallest absolute Gasteiger partial charge is 0.258 e. The van der Waals surface area contributed by atoms with Crippen LogP contribution in [0.1, 0.15) is 5.56 Å². The number of pyridine rings is 1. The molecule has 0 fully saturated rings. The maximum Gasteiger partial charge on any atom is 0.302 e. The van der Waals surface area contributed by atoms with Crippen molar-refractivity contribution in [2.75, 3.05) is 0 Å². The van der Waals surface area contributed by atoms with Crippen LogP contribution in [-0.2, 0) is 6.67 Å². The van der Waals surface area contributed by atoms with Crippen LogP contribution in [0.2, 0.25) is 0 Å². The lowest BCUT2D eigenvalue weighted by molar-refractivity contribution is -0.386. The summed E-state index contributed by atoms with van der Waals surface area (Å²) in [5, 5.41) is 10.3. The first-order valence-corrected chi connectivity index (χ1v) is 3.79. The van der Waals surface area contributed by atoms with E-state index in [9.17, 15) is 14.5 Å². The van der Waals surface area contributed by atoms with E-state index in [-0.39, 0.29) is 15.9 Å². The Morgan fingerprint density at radius 2 is 2.42 bits per heavy atom.